The van der Waals surface area contributed by atoms with Crippen molar-refractivity contribution in [3.63, 3.8) is 0 Å². The van der Waals surface area contributed by atoms with Crippen LogP contribution in [0.25, 0.3) is 10.9 Å². The van der Waals surface area contributed by atoms with E-state index in [-0.39, 0.29) is 76.8 Å². The molecule has 1 fully saturated rings. The summed E-state index contributed by atoms with van der Waals surface area (Å²) >= 11 is 0. The number of alkyl carbamates (subject to hydrolysis) is 1. The molecule has 23 nitrogen and oxygen atoms in total. The number of para-hydroxylation sites is 1. The van der Waals surface area contributed by atoms with E-state index in [1.807, 2.05) is 24.3 Å². The average molecular weight is 1110 g/mol. The maximum Gasteiger partial charge on any atom is 0.407 e. The molecule has 1 saturated heterocycles. The quantitative estimate of drug-likeness (QED) is 0.0465. The first-order valence-electron chi connectivity index (χ1n) is 26.8. The van der Waals surface area contributed by atoms with Crippen molar-refractivity contribution in [2.24, 2.45) is 0 Å². The zero-order valence-corrected chi connectivity index (χ0v) is 45.7. The van der Waals surface area contributed by atoms with Crippen molar-refractivity contribution >= 4 is 64.3 Å². The molecule has 2 aliphatic heterocycles. The third-order valence-electron chi connectivity index (χ3n) is 13.6. The number of ether oxygens (including phenoxy) is 1. The van der Waals surface area contributed by atoms with Gasteiger partial charge in [0, 0.05) is 68.8 Å². The summed E-state index contributed by atoms with van der Waals surface area (Å²) < 4.78 is 5.34. The molecule has 430 valence electrons. The number of hydrogen-bond donors (Lipinski definition) is 11. The highest BCUT2D eigenvalue weighted by molar-refractivity contribution is 6.12. The van der Waals surface area contributed by atoms with E-state index < -0.39 is 108 Å². The van der Waals surface area contributed by atoms with Crippen LogP contribution in [-0.4, -0.2) is 164 Å². The highest BCUT2D eigenvalue weighted by Gasteiger charge is 2.39. The molecule has 2 aliphatic rings. The van der Waals surface area contributed by atoms with E-state index in [0.717, 1.165) is 32.9 Å². The number of hydrogen-bond acceptors (Lipinski definition) is 14. The number of imide groups is 1. The van der Waals surface area contributed by atoms with E-state index in [0.29, 0.717) is 23.1 Å². The van der Waals surface area contributed by atoms with Crippen LogP contribution in [0.5, 0.6) is 5.75 Å². The zero-order valence-electron chi connectivity index (χ0n) is 45.7. The number of phenols is 1. The van der Waals surface area contributed by atoms with Crippen LogP contribution in [0.1, 0.15) is 82.9 Å². The van der Waals surface area contributed by atoms with Gasteiger partial charge >= 0.3 is 6.09 Å². The number of aliphatic hydroxyl groups excluding tert-OH is 2. The Morgan fingerprint density at radius 3 is 2.02 bits per heavy atom. The van der Waals surface area contributed by atoms with Crippen LogP contribution >= 0.6 is 0 Å². The lowest BCUT2D eigenvalue weighted by atomic mass is 9.99. The molecule has 0 aliphatic carbocycles. The molecule has 1 aromatic heterocycles. The first-order chi connectivity index (χ1) is 38.1. The Balaban J connectivity index is 1.37. The molecule has 0 bridgehead atoms. The van der Waals surface area contributed by atoms with Crippen molar-refractivity contribution in [1.29, 1.82) is 0 Å². The van der Waals surface area contributed by atoms with Crippen molar-refractivity contribution in [3.8, 4) is 5.75 Å². The SMILES string of the molecule is C[C@@H](O)[C@@H]1NC(=O)[C@H](CCCCNC(=O)OC(C)(C)C)NC(=O)[C@@H](Cc2c[nH]c3ccccc23)NC(O)[C@H](Cc2ccc(O)cc2)NC(=O)[C@H](CCC(=O)NCCCN2C(=O)C=CC2=O)N(C)C(=O)[C@H](Cc2ccccc2)NC1=O. The van der Waals surface area contributed by atoms with Crippen LogP contribution < -0.4 is 37.2 Å². The molecule has 8 atom stereocenters. The summed E-state index contributed by atoms with van der Waals surface area (Å²) in [6, 6.07) is 13.3. The van der Waals surface area contributed by atoms with Gasteiger partial charge in [-0.05, 0) is 108 Å². The molecule has 0 spiro atoms. The predicted octanol–water partition coefficient (Wildman–Crippen LogP) is 1.25. The predicted molar refractivity (Wildman–Crippen MR) is 294 cm³/mol. The first kappa shape index (κ1) is 61.1. The van der Waals surface area contributed by atoms with Gasteiger partial charge in [-0.1, -0.05) is 60.7 Å². The van der Waals surface area contributed by atoms with Crippen LogP contribution in [0, 0.1) is 0 Å². The second-order valence-corrected chi connectivity index (χ2v) is 21.0. The largest absolute Gasteiger partial charge is 0.508 e. The lowest BCUT2D eigenvalue weighted by molar-refractivity contribution is -0.144. The summed E-state index contributed by atoms with van der Waals surface area (Å²) in [5.74, 6) is -5.80. The second kappa shape index (κ2) is 28.6. The molecule has 3 heterocycles. The topological polar surface area (TPSA) is 330 Å². The third kappa shape index (κ3) is 17.9. The molecule has 9 amide bonds. The van der Waals surface area contributed by atoms with E-state index in [1.54, 1.807) is 69.4 Å². The molecule has 6 rings (SSSR count). The Labute approximate surface area is 464 Å². The Kier molecular flexibility index (Phi) is 21.9. The molecule has 0 radical (unpaired) electrons. The highest BCUT2D eigenvalue weighted by atomic mass is 16.6. The van der Waals surface area contributed by atoms with Gasteiger partial charge in [-0.2, -0.15) is 0 Å². The van der Waals surface area contributed by atoms with Gasteiger partial charge in [0.2, 0.25) is 35.4 Å². The number of benzene rings is 3. The van der Waals surface area contributed by atoms with Crippen LogP contribution in [-0.2, 0) is 62.4 Å². The lowest BCUT2D eigenvalue weighted by Gasteiger charge is -2.35. The van der Waals surface area contributed by atoms with Crippen LogP contribution in [0.3, 0.4) is 0 Å². The fourth-order valence-corrected chi connectivity index (χ4v) is 9.34. The van der Waals surface area contributed by atoms with E-state index in [9.17, 15) is 53.7 Å². The number of amides is 9. The molecule has 4 aromatic rings. The van der Waals surface area contributed by atoms with Gasteiger partial charge in [-0.25, -0.2) is 4.79 Å². The van der Waals surface area contributed by atoms with E-state index in [1.165, 1.54) is 26.1 Å². The summed E-state index contributed by atoms with van der Waals surface area (Å²) in [6.45, 7) is 6.67. The number of phenolic OH excluding ortho intramolecular Hbond substituents is 1. The van der Waals surface area contributed by atoms with E-state index >= 15 is 4.79 Å². The minimum absolute atomic E-state index is 0.0404. The van der Waals surface area contributed by atoms with Gasteiger partial charge in [-0.3, -0.25) is 48.6 Å². The number of nitrogens with one attached hydrogen (secondary N) is 8. The Morgan fingerprint density at radius 1 is 0.700 bits per heavy atom. The van der Waals surface area contributed by atoms with Gasteiger partial charge in [0.15, 0.2) is 0 Å². The average Bonchev–Trinajstić information content (AvgIpc) is 3.98. The lowest BCUT2D eigenvalue weighted by Crippen LogP contribution is -2.64. The number of carbonyl (C=O) groups excluding carboxylic acids is 9. The molecule has 3 aromatic carbocycles. The van der Waals surface area contributed by atoms with Crippen molar-refractivity contribution in [2.75, 3.05) is 26.7 Å². The van der Waals surface area contributed by atoms with Gasteiger partial charge in [0.25, 0.3) is 11.8 Å². The number of nitrogens with zero attached hydrogens (tertiary/aromatic N) is 2. The Hall–Kier alpha value is -8.15. The minimum atomic E-state index is -1.75. The van der Waals surface area contributed by atoms with Crippen LogP contribution in [0.4, 0.5) is 4.79 Å². The molecule has 11 N–H and O–H groups in total. The fraction of sp³-hybridized carbons (Fsp3) is 0.456. The second-order valence-electron chi connectivity index (χ2n) is 21.0. The van der Waals surface area contributed by atoms with Gasteiger partial charge in [0.05, 0.1) is 18.2 Å². The van der Waals surface area contributed by atoms with Gasteiger partial charge < -0.3 is 61.8 Å². The van der Waals surface area contributed by atoms with E-state index in [2.05, 4.69) is 42.2 Å². The zero-order chi connectivity index (χ0) is 58.1. The van der Waals surface area contributed by atoms with Crippen molar-refractivity contribution < 1.29 is 63.2 Å². The Morgan fingerprint density at radius 2 is 1.34 bits per heavy atom. The molecule has 80 heavy (non-hydrogen) atoms. The maximum atomic E-state index is 15.0. The smallest absolute Gasteiger partial charge is 0.407 e. The number of rotatable bonds is 19. The number of aromatic nitrogens is 1. The number of likely N-dealkylation sites (N-methyl/N-ethyl adjacent to an activating group) is 1. The summed E-state index contributed by atoms with van der Waals surface area (Å²) in [5.41, 5.74) is 1.75. The number of aromatic amines is 1. The number of fused-ring (bicyclic) bond motifs is 1. The maximum absolute atomic E-state index is 15.0. The number of aliphatic hydroxyl groups is 2. The number of H-pyrrole nitrogens is 1. The first-order valence-corrected chi connectivity index (χ1v) is 26.8. The fourth-order valence-electron chi connectivity index (χ4n) is 9.34. The molecular weight excluding hydrogens is 1030 g/mol. The molecule has 1 unspecified atom stereocenters. The number of unbranched alkanes of at least 4 members (excludes halogenated alkanes) is 1. The van der Waals surface area contributed by atoms with Crippen molar-refractivity contribution in [1.82, 2.24) is 52.0 Å². The number of aromatic hydroxyl groups is 1. The summed E-state index contributed by atoms with van der Waals surface area (Å²) in [4.78, 5) is 129. The Bertz CT molecular complexity index is 2830. The highest BCUT2D eigenvalue weighted by Crippen LogP contribution is 2.22. The van der Waals surface area contributed by atoms with Gasteiger partial charge in [-0.15, -0.1) is 0 Å². The minimum Gasteiger partial charge on any atom is -0.508 e. The summed E-state index contributed by atoms with van der Waals surface area (Å²) in [5, 5.41) is 53.8. The van der Waals surface area contributed by atoms with Crippen LogP contribution in [0.2, 0.25) is 0 Å². The number of carbonyl (C=O) groups is 9. The summed E-state index contributed by atoms with van der Waals surface area (Å²) in [6.07, 6.45) is -0.175. The van der Waals surface area contributed by atoms with Gasteiger partial charge in [0.1, 0.15) is 41.7 Å². The van der Waals surface area contributed by atoms with Crippen molar-refractivity contribution in [2.45, 2.75) is 140 Å². The molecule has 23 heteroatoms. The standard InChI is InChI=1S/C57H74N10O13/c1-34(68)49-54(77)64-44(31-35-14-7-6-8-15-35)55(78)66(5)45(23-24-46(70)58-28-13-29-67-47(71)25-26-48(67)72)53(76)63-42(30-36-19-21-38(69)22-20-36)51(74)62-43(32-37-33-60-40-17-10-9-16-39(37)40)52(75)61-41(50(73)65-49)18-11-12-27-59-56(79)80-57(2,3)4/h6-10,14-17,19-22,25-26,33-34,41-45,49,51,60,62,68-69,74H,11-13,18,23-24,27-32H2,1-5H3,(H,58,70)(H,59,79)(H,61,75)(H,63,76)(H,64,77)(H,65,73)/t34-,41+,42+,43-,44+,45+,49+,51?/m1/s1. The summed E-state index contributed by atoms with van der Waals surface area (Å²) in [7, 11) is 1.32. The molecular formula is C57H74N10O13. The van der Waals surface area contributed by atoms with E-state index in [4.69, 9.17) is 4.74 Å². The normalized spacial score (nSPS) is 22.2. The molecule has 0 saturated carbocycles. The monoisotopic (exact) mass is 1110 g/mol. The third-order valence-corrected chi connectivity index (χ3v) is 13.6. The van der Waals surface area contributed by atoms with Crippen LogP contribution in [0.15, 0.2) is 97.2 Å². The van der Waals surface area contributed by atoms with Crippen molar-refractivity contribution in [3.05, 3.63) is 114 Å².